The highest BCUT2D eigenvalue weighted by atomic mass is 32.1. The van der Waals surface area contributed by atoms with Crippen molar-refractivity contribution in [2.45, 2.75) is 0 Å². The summed E-state index contributed by atoms with van der Waals surface area (Å²) >= 11 is 1.45. The SMILES string of the molecule is CNc1sc(-c2ccc(N3CCOCC3)nc2)nc1C=O. The van der Waals surface area contributed by atoms with Crippen molar-refractivity contribution in [1.29, 1.82) is 0 Å². The van der Waals surface area contributed by atoms with Gasteiger partial charge in [0.05, 0.1) is 13.2 Å². The number of nitrogens with one attached hydrogen (secondary N) is 1. The molecule has 1 fully saturated rings. The van der Waals surface area contributed by atoms with Crippen LogP contribution in [0.3, 0.4) is 0 Å². The molecule has 7 heteroatoms. The molecule has 1 aliphatic rings. The van der Waals surface area contributed by atoms with Gasteiger partial charge in [0.25, 0.3) is 0 Å². The quantitative estimate of drug-likeness (QED) is 0.870. The molecule has 0 aromatic carbocycles. The van der Waals surface area contributed by atoms with E-state index in [4.69, 9.17) is 4.74 Å². The molecule has 1 N–H and O–H groups in total. The minimum Gasteiger partial charge on any atom is -0.378 e. The summed E-state index contributed by atoms with van der Waals surface area (Å²) in [5.74, 6) is 0.947. The normalized spacial score (nSPS) is 15.0. The third-order valence-electron chi connectivity index (χ3n) is 3.32. The number of aldehydes is 1. The van der Waals surface area contributed by atoms with Crippen LogP contribution in [0.25, 0.3) is 10.6 Å². The molecule has 0 bridgehead atoms. The minimum absolute atomic E-state index is 0.440. The first-order chi connectivity index (χ1) is 10.3. The molecule has 0 aliphatic carbocycles. The van der Waals surface area contributed by atoms with Gasteiger partial charge in [-0.2, -0.15) is 0 Å². The summed E-state index contributed by atoms with van der Waals surface area (Å²) in [6.45, 7) is 3.21. The third kappa shape index (κ3) is 2.88. The summed E-state index contributed by atoms with van der Waals surface area (Å²) in [6.07, 6.45) is 2.57. The van der Waals surface area contributed by atoms with E-state index >= 15 is 0 Å². The Morgan fingerprint density at radius 1 is 1.38 bits per heavy atom. The topological polar surface area (TPSA) is 67.3 Å². The Balaban J connectivity index is 1.83. The van der Waals surface area contributed by atoms with Crippen LogP contribution in [0.2, 0.25) is 0 Å². The van der Waals surface area contributed by atoms with E-state index in [1.165, 1.54) is 11.3 Å². The monoisotopic (exact) mass is 304 g/mol. The molecule has 21 heavy (non-hydrogen) atoms. The molecule has 3 heterocycles. The number of morpholine rings is 1. The van der Waals surface area contributed by atoms with Gasteiger partial charge in [-0.15, -0.1) is 0 Å². The van der Waals surface area contributed by atoms with Gasteiger partial charge in [-0.05, 0) is 12.1 Å². The highest BCUT2D eigenvalue weighted by Gasteiger charge is 2.14. The fourth-order valence-electron chi connectivity index (χ4n) is 2.21. The number of aromatic nitrogens is 2. The number of carbonyl (C=O) groups excluding carboxylic acids is 1. The third-order valence-corrected chi connectivity index (χ3v) is 4.46. The van der Waals surface area contributed by atoms with Crippen LogP contribution in [-0.4, -0.2) is 49.6 Å². The molecule has 1 aliphatic heterocycles. The van der Waals surface area contributed by atoms with E-state index in [1.807, 2.05) is 12.1 Å². The molecular weight excluding hydrogens is 288 g/mol. The average molecular weight is 304 g/mol. The average Bonchev–Trinajstić information content (AvgIpc) is 2.99. The van der Waals surface area contributed by atoms with Crippen LogP contribution in [0.1, 0.15) is 10.5 Å². The molecule has 2 aromatic rings. The van der Waals surface area contributed by atoms with E-state index in [0.717, 1.165) is 54.0 Å². The maximum Gasteiger partial charge on any atom is 0.171 e. The summed E-state index contributed by atoms with van der Waals surface area (Å²) in [4.78, 5) is 22.0. The zero-order chi connectivity index (χ0) is 14.7. The van der Waals surface area contributed by atoms with Crippen molar-refractivity contribution in [2.75, 3.05) is 43.6 Å². The van der Waals surface area contributed by atoms with Crippen LogP contribution in [-0.2, 0) is 4.74 Å². The molecule has 0 amide bonds. The molecular formula is C14H16N4O2S. The second-order valence-corrected chi connectivity index (χ2v) is 5.60. The van der Waals surface area contributed by atoms with Gasteiger partial charge in [0.1, 0.15) is 21.5 Å². The maximum atomic E-state index is 11.0. The first-order valence-electron chi connectivity index (χ1n) is 6.74. The Hall–Kier alpha value is -1.99. The van der Waals surface area contributed by atoms with Gasteiger partial charge in [-0.3, -0.25) is 4.79 Å². The fourth-order valence-corrected chi connectivity index (χ4v) is 3.08. The molecule has 2 aromatic heterocycles. The van der Waals surface area contributed by atoms with Gasteiger partial charge in [0.15, 0.2) is 6.29 Å². The Labute approximate surface area is 126 Å². The molecule has 3 rings (SSSR count). The highest BCUT2D eigenvalue weighted by molar-refractivity contribution is 7.19. The molecule has 0 radical (unpaired) electrons. The Morgan fingerprint density at radius 3 is 2.76 bits per heavy atom. The van der Waals surface area contributed by atoms with E-state index in [9.17, 15) is 4.79 Å². The van der Waals surface area contributed by atoms with Gasteiger partial charge < -0.3 is 15.0 Å². The summed E-state index contributed by atoms with van der Waals surface area (Å²) in [7, 11) is 1.78. The van der Waals surface area contributed by atoms with Gasteiger partial charge in [0.2, 0.25) is 0 Å². The number of carbonyl (C=O) groups is 1. The second kappa shape index (κ2) is 6.19. The van der Waals surface area contributed by atoms with Crippen LogP contribution >= 0.6 is 11.3 Å². The van der Waals surface area contributed by atoms with E-state index in [-0.39, 0.29) is 0 Å². The summed E-state index contributed by atoms with van der Waals surface area (Å²) in [6, 6.07) is 3.98. The van der Waals surface area contributed by atoms with E-state index in [0.29, 0.717) is 5.69 Å². The summed E-state index contributed by atoms with van der Waals surface area (Å²) in [5, 5.41) is 4.55. The van der Waals surface area contributed by atoms with Crippen molar-refractivity contribution in [2.24, 2.45) is 0 Å². The fraction of sp³-hybridized carbons (Fsp3) is 0.357. The number of hydrogen-bond acceptors (Lipinski definition) is 7. The largest absolute Gasteiger partial charge is 0.378 e. The number of pyridine rings is 1. The van der Waals surface area contributed by atoms with Crippen molar-refractivity contribution in [1.82, 2.24) is 9.97 Å². The van der Waals surface area contributed by atoms with Crippen molar-refractivity contribution in [3.8, 4) is 10.6 Å². The Morgan fingerprint density at radius 2 is 2.19 bits per heavy atom. The lowest BCUT2D eigenvalue weighted by atomic mass is 10.3. The first kappa shape index (κ1) is 14.0. The predicted octanol–water partition coefficient (Wildman–Crippen LogP) is 1.90. The molecule has 0 saturated carbocycles. The van der Waals surface area contributed by atoms with Gasteiger partial charge in [-0.25, -0.2) is 9.97 Å². The van der Waals surface area contributed by atoms with Crippen molar-refractivity contribution < 1.29 is 9.53 Å². The van der Waals surface area contributed by atoms with Gasteiger partial charge in [-0.1, -0.05) is 11.3 Å². The highest BCUT2D eigenvalue weighted by Crippen LogP contribution is 2.31. The van der Waals surface area contributed by atoms with E-state index in [1.54, 1.807) is 13.2 Å². The zero-order valence-electron chi connectivity index (χ0n) is 11.7. The van der Waals surface area contributed by atoms with Gasteiger partial charge in [0, 0.05) is 31.9 Å². The summed E-state index contributed by atoms with van der Waals surface area (Å²) in [5.41, 5.74) is 1.36. The maximum absolute atomic E-state index is 11.0. The van der Waals surface area contributed by atoms with E-state index < -0.39 is 0 Å². The molecule has 1 saturated heterocycles. The molecule has 110 valence electrons. The molecule has 0 atom stereocenters. The van der Waals surface area contributed by atoms with Crippen LogP contribution in [0, 0.1) is 0 Å². The van der Waals surface area contributed by atoms with Crippen LogP contribution in [0.15, 0.2) is 18.3 Å². The zero-order valence-corrected chi connectivity index (χ0v) is 12.5. The Bertz CT molecular complexity index is 620. The van der Waals surface area contributed by atoms with Crippen LogP contribution < -0.4 is 10.2 Å². The lowest BCUT2D eigenvalue weighted by molar-refractivity contribution is 0.112. The number of nitrogens with zero attached hydrogens (tertiary/aromatic N) is 3. The minimum atomic E-state index is 0.440. The molecule has 6 nitrogen and oxygen atoms in total. The lowest BCUT2D eigenvalue weighted by Gasteiger charge is -2.27. The van der Waals surface area contributed by atoms with Crippen LogP contribution in [0.5, 0.6) is 0 Å². The van der Waals surface area contributed by atoms with Crippen LogP contribution in [0.4, 0.5) is 10.8 Å². The molecule has 0 spiro atoms. The van der Waals surface area contributed by atoms with Crippen molar-refractivity contribution in [3.63, 3.8) is 0 Å². The Kier molecular flexibility index (Phi) is 4.12. The second-order valence-electron chi connectivity index (χ2n) is 4.61. The number of ether oxygens (including phenoxy) is 1. The summed E-state index contributed by atoms with van der Waals surface area (Å²) < 4.78 is 5.34. The first-order valence-corrected chi connectivity index (χ1v) is 7.56. The number of thiazole rings is 1. The van der Waals surface area contributed by atoms with Crippen molar-refractivity contribution >= 4 is 28.4 Å². The van der Waals surface area contributed by atoms with Gasteiger partial charge >= 0.3 is 0 Å². The smallest absolute Gasteiger partial charge is 0.171 e. The lowest BCUT2D eigenvalue weighted by Crippen LogP contribution is -2.36. The van der Waals surface area contributed by atoms with E-state index in [2.05, 4.69) is 20.2 Å². The predicted molar refractivity (Wildman–Crippen MR) is 83.3 cm³/mol. The number of hydrogen-bond donors (Lipinski definition) is 1. The number of anilines is 2. The standard InChI is InChI=1S/C14H16N4O2S/c1-15-14-11(9-19)17-13(21-14)10-2-3-12(16-8-10)18-4-6-20-7-5-18/h2-3,8-9,15H,4-7H2,1H3. The number of rotatable bonds is 4. The molecule has 0 unspecified atom stereocenters. The van der Waals surface area contributed by atoms with Crippen molar-refractivity contribution in [3.05, 3.63) is 24.0 Å².